The molecule has 1 heterocycles. The summed E-state index contributed by atoms with van der Waals surface area (Å²) in [7, 11) is 0. The van der Waals surface area contributed by atoms with Gasteiger partial charge in [-0.05, 0) is 0 Å². The van der Waals surface area contributed by atoms with Crippen LogP contribution in [0, 0.1) is 10.1 Å². The van der Waals surface area contributed by atoms with E-state index in [4.69, 9.17) is 0 Å². The SMILES string of the molecule is O=[N+]([O-])c1[se]c2ccccc2c1O. The van der Waals surface area contributed by atoms with E-state index in [-0.39, 0.29) is 24.8 Å². The second kappa shape index (κ2) is 2.87. The third kappa shape index (κ3) is 1.22. The molecule has 0 spiro atoms. The molecule has 0 atom stereocenters. The Labute approximate surface area is 79.3 Å². The van der Waals surface area contributed by atoms with Gasteiger partial charge in [0.15, 0.2) is 0 Å². The Morgan fingerprint density at radius 3 is 2.69 bits per heavy atom. The predicted molar refractivity (Wildman–Crippen MR) is 49.2 cm³/mol. The zero-order chi connectivity index (χ0) is 9.42. The Hall–Kier alpha value is -1.32. The van der Waals surface area contributed by atoms with Crippen molar-refractivity contribution < 1.29 is 10.0 Å². The zero-order valence-corrected chi connectivity index (χ0v) is 8.14. The van der Waals surface area contributed by atoms with Gasteiger partial charge in [0.25, 0.3) is 0 Å². The Bertz CT molecular complexity index is 477. The van der Waals surface area contributed by atoms with E-state index < -0.39 is 4.92 Å². The van der Waals surface area contributed by atoms with Crippen molar-refractivity contribution in [3.8, 4) is 5.75 Å². The fraction of sp³-hybridized carbons (Fsp3) is 0. The molecule has 1 N–H and O–H groups in total. The molecular weight excluding hydrogens is 237 g/mol. The van der Waals surface area contributed by atoms with Gasteiger partial charge in [0.2, 0.25) is 0 Å². The van der Waals surface area contributed by atoms with Crippen molar-refractivity contribution in [2.75, 3.05) is 0 Å². The summed E-state index contributed by atoms with van der Waals surface area (Å²) >= 11 is -0.357. The molecule has 66 valence electrons. The summed E-state index contributed by atoms with van der Waals surface area (Å²) in [6.45, 7) is 0. The maximum absolute atomic E-state index is 10.5. The first-order chi connectivity index (χ1) is 6.20. The number of hydrogen-bond acceptors (Lipinski definition) is 3. The predicted octanol–water partition coefficient (Wildman–Crippen LogP) is 1.51. The number of nitrogens with zero attached hydrogens (tertiary/aromatic N) is 1. The zero-order valence-electron chi connectivity index (χ0n) is 6.43. The Morgan fingerprint density at radius 2 is 2.08 bits per heavy atom. The molecule has 0 radical (unpaired) electrons. The van der Waals surface area contributed by atoms with Crippen molar-refractivity contribution in [1.82, 2.24) is 0 Å². The summed E-state index contributed by atoms with van der Waals surface area (Å²) in [6, 6.07) is 7.08. The molecule has 5 heteroatoms. The van der Waals surface area contributed by atoms with Gasteiger partial charge in [-0.3, -0.25) is 0 Å². The number of rotatable bonds is 1. The van der Waals surface area contributed by atoms with E-state index in [0.717, 1.165) is 4.26 Å². The Kier molecular flexibility index (Phi) is 1.83. The van der Waals surface area contributed by atoms with Crippen LogP contribution in [-0.2, 0) is 0 Å². The van der Waals surface area contributed by atoms with Crippen LogP contribution in [0.4, 0.5) is 4.56 Å². The summed E-state index contributed by atoms with van der Waals surface area (Å²) in [5, 5.41) is 20.6. The van der Waals surface area contributed by atoms with Gasteiger partial charge in [-0.25, -0.2) is 0 Å². The molecule has 0 unspecified atom stereocenters. The molecule has 2 aromatic rings. The molecule has 13 heavy (non-hydrogen) atoms. The molecule has 0 aliphatic carbocycles. The standard InChI is InChI=1S/C8H5NO3Se/c10-7-5-3-1-2-4-6(5)13-8(7)9(11)12/h1-4,10H. The topological polar surface area (TPSA) is 63.4 Å². The van der Waals surface area contributed by atoms with Crippen LogP contribution in [0.25, 0.3) is 9.65 Å². The van der Waals surface area contributed by atoms with Crippen molar-refractivity contribution in [1.29, 1.82) is 0 Å². The summed E-state index contributed by atoms with van der Waals surface area (Å²) in [5.74, 6) is -0.166. The van der Waals surface area contributed by atoms with Crippen LogP contribution in [-0.4, -0.2) is 24.5 Å². The van der Waals surface area contributed by atoms with Crippen LogP contribution in [0.1, 0.15) is 0 Å². The quantitative estimate of drug-likeness (QED) is 0.468. The molecule has 0 fully saturated rings. The van der Waals surface area contributed by atoms with Crippen LogP contribution >= 0.6 is 0 Å². The average Bonchev–Trinajstić information content (AvgIpc) is 2.45. The maximum atomic E-state index is 10.5. The van der Waals surface area contributed by atoms with E-state index in [1.54, 1.807) is 12.1 Å². The van der Waals surface area contributed by atoms with Crippen molar-refractivity contribution >= 4 is 28.7 Å². The van der Waals surface area contributed by atoms with Crippen LogP contribution in [0.2, 0.25) is 0 Å². The fourth-order valence-electron chi connectivity index (χ4n) is 1.14. The van der Waals surface area contributed by atoms with E-state index >= 15 is 0 Å². The first-order valence-corrected chi connectivity index (χ1v) is 5.26. The number of benzene rings is 1. The normalized spacial score (nSPS) is 10.5. The number of fused-ring (bicyclic) bond motifs is 1. The van der Waals surface area contributed by atoms with Gasteiger partial charge in [-0.2, -0.15) is 0 Å². The van der Waals surface area contributed by atoms with Crippen molar-refractivity contribution in [2.24, 2.45) is 0 Å². The minimum atomic E-state index is -0.505. The van der Waals surface area contributed by atoms with Gasteiger partial charge in [0, 0.05) is 0 Å². The van der Waals surface area contributed by atoms with Crippen LogP contribution in [0.5, 0.6) is 5.75 Å². The first-order valence-electron chi connectivity index (χ1n) is 3.55. The van der Waals surface area contributed by atoms with Crippen molar-refractivity contribution in [3.05, 3.63) is 34.4 Å². The van der Waals surface area contributed by atoms with E-state index in [0.29, 0.717) is 5.39 Å². The second-order valence-corrected chi connectivity index (χ2v) is 4.67. The summed E-state index contributed by atoms with van der Waals surface area (Å²) < 4.78 is 0.827. The third-order valence-corrected chi connectivity index (χ3v) is 4.05. The molecule has 0 amide bonds. The second-order valence-electron chi connectivity index (χ2n) is 2.51. The van der Waals surface area contributed by atoms with Gasteiger partial charge < -0.3 is 0 Å². The van der Waals surface area contributed by atoms with E-state index in [2.05, 4.69) is 0 Å². The van der Waals surface area contributed by atoms with Crippen molar-refractivity contribution in [3.63, 3.8) is 0 Å². The molecule has 0 saturated heterocycles. The first kappa shape index (κ1) is 8.29. The molecule has 0 aliphatic heterocycles. The van der Waals surface area contributed by atoms with Crippen molar-refractivity contribution in [2.45, 2.75) is 0 Å². The number of hydrogen-bond donors (Lipinski definition) is 1. The van der Waals surface area contributed by atoms with Gasteiger partial charge in [0.05, 0.1) is 0 Å². The summed E-state index contributed by atoms with van der Waals surface area (Å²) in [4.78, 5) is 9.98. The Balaban J connectivity index is 2.81. The molecule has 1 aromatic heterocycles. The van der Waals surface area contributed by atoms with Gasteiger partial charge >= 0.3 is 78.9 Å². The summed E-state index contributed by atoms with van der Waals surface area (Å²) in [5.41, 5.74) is 0. The number of nitro groups is 1. The summed E-state index contributed by atoms with van der Waals surface area (Å²) in [6.07, 6.45) is 0. The molecular formula is C8H5NO3Se. The average molecular weight is 242 g/mol. The fourth-order valence-corrected chi connectivity index (χ4v) is 3.05. The third-order valence-electron chi connectivity index (χ3n) is 1.72. The van der Waals surface area contributed by atoms with E-state index in [1.807, 2.05) is 12.1 Å². The molecule has 1 aromatic carbocycles. The Morgan fingerprint density at radius 1 is 1.38 bits per heavy atom. The van der Waals surface area contributed by atoms with E-state index in [1.165, 1.54) is 0 Å². The molecule has 2 rings (SSSR count). The number of aromatic hydroxyl groups is 1. The van der Waals surface area contributed by atoms with Crippen LogP contribution in [0.3, 0.4) is 0 Å². The molecule has 0 saturated carbocycles. The molecule has 4 nitrogen and oxygen atoms in total. The van der Waals surface area contributed by atoms with E-state index in [9.17, 15) is 15.2 Å². The monoisotopic (exact) mass is 243 g/mol. The van der Waals surface area contributed by atoms with Crippen LogP contribution < -0.4 is 0 Å². The molecule has 0 aliphatic rings. The van der Waals surface area contributed by atoms with Gasteiger partial charge in [-0.15, -0.1) is 0 Å². The van der Waals surface area contributed by atoms with Crippen LogP contribution in [0.15, 0.2) is 24.3 Å². The molecule has 0 bridgehead atoms. The van der Waals surface area contributed by atoms with Gasteiger partial charge in [-0.1, -0.05) is 0 Å². The van der Waals surface area contributed by atoms with Gasteiger partial charge in [0.1, 0.15) is 0 Å². The minimum absolute atomic E-state index is 0.0475.